The number of amides is 1. The number of carbonyl (C=O) groups excluding carboxylic acids is 1. The Morgan fingerprint density at radius 3 is 2.65 bits per heavy atom. The average molecular weight is 325 g/mol. The van der Waals surface area contributed by atoms with E-state index in [1.54, 1.807) is 29.5 Å². The van der Waals surface area contributed by atoms with Crippen LogP contribution in [0.3, 0.4) is 0 Å². The van der Waals surface area contributed by atoms with E-state index in [0.29, 0.717) is 12.2 Å². The van der Waals surface area contributed by atoms with Crippen molar-refractivity contribution in [3.8, 4) is 5.75 Å². The van der Waals surface area contributed by atoms with Crippen molar-refractivity contribution in [2.45, 2.75) is 6.54 Å². The predicted octanol–water partition coefficient (Wildman–Crippen LogP) is 3.39. The minimum absolute atomic E-state index is 0.184. The summed E-state index contributed by atoms with van der Waals surface area (Å²) >= 11 is 1.61. The van der Waals surface area contributed by atoms with E-state index in [4.69, 9.17) is 4.74 Å². The van der Waals surface area contributed by atoms with Crippen LogP contribution in [0.25, 0.3) is 0 Å². The quantitative estimate of drug-likeness (QED) is 0.721. The standard InChI is InChI=1S/C17H15N3O2S/c1-22-14-6-4-13(5-7-14)20(12-15-3-2-10-23-15)17(21)16-11-18-8-9-19-16/h2-11H,12H2,1H3. The van der Waals surface area contributed by atoms with Gasteiger partial charge in [0, 0.05) is 23.0 Å². The van der Waals surface area contributed by atoms with Gasteiger partial charge in [0.25, 0.3) is 5.91 Å². The normalized spacial score (nSPS) is 10.3. The number of nitrogens with zero attached hydrogens (tertiary/aromatic N) is 3. The Hall–Kier alpha value is -2.73. The molecule has 0 saturated heterocycles. The van der Waals surface area contributed by atoms with Crippen molar-refractivity contribution in [1.82, 2.24) is 9.97 Å². The number of hydrogen-bond acceptors (Lipinski definition) is 5. The van der Waals surface area contributed by atoms with Gasteiger partial charge in [-0.3, -0.25) is 9.78 Å². The zero-order chi connectivity index (χ0) is 16.1. The fourth-order valence-electron chi connectivity index (χ4n) is 2.15. The number of aromatic nitrogens is 2. The van der Waals surface area contributed by atoms with Gasteiger partial charge < -0.3 is 9.64 Å². The molecule has 3 rings (SSSR count). The zero-order valence-electron chi connectivity index (χ0n) is 12.5. The van der Waals surface area contributed by atoms with Gasteiger partial charge in [0.2, 0.25) is 0 Å². The fraction of sp³-hybridized carbons (Fsp3) is 0.118. The molecule has 0 saturated carbocycles. The maximum Gasteiger partial charge on any atom is 0.278 e. The summed E-state index contributed by atoms with van der Waals surface area (Å²) in [7, 11) is 1.61. The average Bonchev–Trinajstić information content (AvgIpc) is 3.13. The Kier molecular flexibility index (Phi) is 4.63. The predicted molar refractivity (Wildman–Crippen MR) is 89.9 cm³/mol. The molecule has 0 aliphatic carbocycles. The van der Waals surface area contributed by atoms with Crippen LogP contribution in [0.4, 0.5) is 5.69 Å². The van der Waals surface area contributed by atoms with Crippen LogP contribution in [0.5, 0.6) is 5.75 Å². The lowest BCUT2D eigenvalue weighted by atomic mass is 10.2. The highest BCUT2D eigenvalue weighted by atomic mass is 32.1. The summed E-state index contributed by atoms with van der Waals surface area (Å²) in [5.41, 5.74) is 1.11. The van der Waals surface area contributed by atoms with Crippen molar-refractivity contribution in [3.63, 3.8) is 0 Å². The van der Waals surface area contributed by atoms with E-state index in [1.807, 2.05) is 41.8 Å². The van der Waals surface area contributed by atoms with Crippen molar-refractivity contribution >= 4 is 22.9 Å². The van der Waals surface area contributed by atoms with Gasteiger partial charge in [0.15, 0.2) is 0 Å². The Bertz CT molecular complexity index is 758. The van der Waals surface area contributed by atoms with Gasteiger partial charge in [-0.1, -0.05) is 6.07 Å². The van der Waals surface area contributed by atoms with Crippen molar-refractivity contribution in [2.24, 2.45) is 0 Å². The highest BCUT2D eigenvalue weighted by molar-refractivity contribution is 7.09. The second-order valence-corrected chi connectivity index (χ2v) is 5.79. The highest BCUT2D eigenvalue weighted by Crippen LogP contribution is 2.24. The first-order chi connectivity index (χ1) is 11.3. The molecule has 0 aliphatic rings. The molecule has 5 nitrogen and oxygen atoms in total. The molecule has 23 heavy (non-hydrogen) atoms. The largest absolute Gasteiger partial charge is 0.497 e. The smallest absolute Gasteiger partial charge is 0.278 e. The van der Waals surface area contributed by atoms with Crippen molar-refractivity contribution in [2.75, 3.05) is 12.0 Å². The number of methoxy groups -OCH3 is 1. The first-order valence-electron chi connectivity index (χ1n) is 7.02. The third kappa shape index (κ3) is 3.54. The molecule has 0 fully saturated rings. The van der Waals surface area contributed by atoms with Crippen LogP contribution in [0.1, 0.15) is 15.4 Å². The third-order valence-electron chi connectivity index (χ3n) is 3.31. The number of rotatable bonds is 5. The van der Waals surface area contributed by atoms with E-state index < -0.39 is 0 Å². The topological polar surface area (TPSA) is 55.3 Å². The molecule has 0 radical (unpaired) electrons. The summed E-state index contributed by atoms with van der Waals surface area (Å²) < 4.78 is 5.18. The van der Waals surface area contributed by atoms with Gasteiger partial charge >= 0.3 is 0 Å². The van der Waals surface area contributed by atoms with E-state index in [2.05, 4.69) is 9.97 Å². The van der Waals surface area contributed by atoms with Gasteiger partial charge in [-0.2, -0.15) is 0 Å². The molecule has 2 heterocycles. The van der Waals surface area contributed by atoms with Crippen molar-refractivity contribution < 1.29 is 9.53 Å². The molecule has 0 N–H and O–H groups in total. The lowest BCUT2D eigenvalue weighted by Gasteiger charge is -2.22. The van der Waals surface area contributed by atoms with Gasteiger partial charge in [-0.05, 0) is 35.7 Å². The van der Waals surface area contributed by atoms with Crippen LogP contribution >= 0.6 is 11.3 Å². The maximum atomic E-state index is 12.8. The molecule has 0 atom stereocenters. The van der Waals surface area contributed by atoms with Crippen LogP contribution in [0.15, 0.2) is 60.4 Å². The number of benzene rings is 1. The number of hydrogen-bond donors (Lipinski definition) is 0. The Morgan fingerprint density at radius 2 is 2.04 bits per heavy atom. The van der Waals surface area contributed by atoms with Gasteiger partial charge in [0.1, 0.15) is 11.4 Å². The molecular weight excluding hydrogens is 310 g/mol. The van der Waals surface area contributed by atoms with Gasteiger partial charge in [-0.25, -0.2) is 4.98 Å². The molecular formula is C17H15N3O2S. The molecule has 3 aromatic rings. The molecule has 116 valence electrons. The first-order valence-corrected chi connectivity index (χ1v) is 7.90. The molecule has 0 spiro atoms. The van der Waals surface area contributed by atoms with E-state index >= 15 is 0 Å². The number of anilines is 1. The summed E-state index contributed by atoms with van der Waals surface area (Å²) in [6, 6.07) is 11.4. The summed E-state index contributed by atoms with van der Waals surface area (Å²) in [5.74, 6) is 0.563. The Balaban J connectivity index is 1.93. The molecule has 2 aromatic heterocycles. The van der Waals surface area contributed by atoms with E-state index in [1.165, 1.54) is 12.4 Å². The van der Waals surface area contributed by atoms with Crippen LogP contribution in [0, 0.1) is 0 Å². The second-order valence-electron chi connectivity index (χ2n) is 4.76. The van der Waals surface area contributed by atoms with Crippen LogP contribution < -0.4 is 9.64 Å². The lowest BCUT2D eigenvalue weighted by Crippen LogP contribution is -2.30. The van der Waals surface area contributed by atoms with Crippen molar-refractivity contribution in [3.05, 3.63) is 70.9 Å². The summed E-state index contributed by atoms with van der Waals surface area (Å²) in [4.78, 5) is 23.7. The van der Waals surface area contributed by atoms with E-state index in [9.17, 15) is 4.79 Å². The first kappa shape index (κ1) is 15.2. The van der Waals surface area contributed by atoms with Crippen LogP contribution in [-0.4, -0.2) is 23.0 Å². The highest BCUT2D eigenvalue weighted by Gasteiger charge is 2.20. The minimum atomic E-state index is -0.184. The second kappa shape index (κ2) is 7.02. The van der Waals surface area contributed by atoms with E-state index in [-0.39, 0.29) is 5.91 Å². The number of thiophene rings is 1. The molecule has 0 unspecified atom stereocenters. The fourth-order valence-corrected chi connectivity index (χ4v) is 2.84. The minimum Gasteiger partial charge on any atom is -0.497 e. The van der Waals surface area contributed by atoms with Crippen LogP contribution in [-0.2, 0) is 6.54 Å². The molecule has 0 bridgehead atoms. The maximum absolute atomic E-state index is 12.8. The van der Waals surface area contributed by atoms with E-state index in [0.717, 1.165) is 16.3 Å². The SMILES string of the molecule is COc1ccc(N(Cc2cccs2)C(=O)c2cnccn2)cc1. The molecule has 1 amide bonds. The van der Waals surface area contributed by atoms with Gasteiger partial charge in [0.05, 0.1) is 19.9 Å². The van der Waals surface area contributed by atoms with Gasteiger partial charge in [-0.15, -0.1) is 11.3 Å². The molecule has 1 aromatic carbocycles. The number of ether oxygens (including phenoxy) is 1. The zero-order valence-corrected chi connectivity index (χ0v) is 13.4. The summed E-state index contributed by atoms with van der Waals surface area (Å²) in [5, 5.41) is 1.99. The lowest BCUT2D eigenvalue weighted by molar-refractivity contribution is 0.0980. The summed E-state index contributed by atoms with van der Waals surface area (Å²) in [6.07, 6.45) is 4.55. The Labute approximate surface area is 138 Å². The Morgan fingerprint density at radius 1 is 1.22 bits per heavy atom. The molecule has 0 aliphatic heterocycles. The van der Waals surface area contributed by atoms with Crippen molar-refractivity contribution in [1.29, 1.82) is 0 Å². The van der Waals surface area contributed by atoms with Crippen LogP contribution in [0.2, 0.25) is 0 Å². The number of carbonyl (C=O) groups is 1. The third-order valence-corrected chi connectivity index (χ3v) is 4.17. The monoisotopic (exact) mass is 325 g/mol. The summed E-state index contributed by atoms with van der Waals surface area (Å²) in [6.45, 7) is 0.486. The molecule has 6 heteroatoms.